The number of benzene rings is 2. The molecule has 0 saturated heterocycles. The van der Waals surface area contributed by atoms with Gasteiger partial charge in [-0.25, -0.2) is 19.2 Å². The van der Waals surface area contributed by atoms with E-state index < -0.39 is 46.5 Å². The van der Waals surface area contributed by atoms with Crippen molar-refractivity contribution in [3.63, 3.8) is 0 Å². The van der Waals surface area contributed by atoms with Crippen LogP contribution in [0.25, 0.3) is 0 Å². The largest absolute Gasteiger partial charge is 0.462 e. The fourth-order valence-electron chi connectivity index (χ4n) is 6.49. The lowest BCUT2D eigenvalue weighted by atomic mass is 9.86. The van der Waals surface area contributed by atoms with Gasteiger partial charge < -0.3 is 18.9 Å². The van der Waals surface area contributed by atoms with E-state index >= 15 is 0 Å². The summed E-state index contributed by atoms with van der Waals surface area (Å²) in [5, 5.41) is -1.41. The Hall–Kier alpha value is -1.94. The fraction of sp³-hybridized carbons (Fsp3) is 0.556. The number of hydrogen-bond acceptors (Lipinski definition) is 8. The highest BCUT2D eigenvalue weighted by molar-refractivity contribution is 6.47. The molecule has 0 radical (unpaired) electrons. The molecule has 8 nitrogen and oxygen atoms in total. The monoisotopic (exact) mass is 810 g/mol. The molecule has 2 fully saturated rings. The predicted octanol–water partition coefficient (Wildman–Crippen LogP) is 11.9. The number of rotatable bonds is 14. The molecular weight excluding hydrogens is 773 g/mol. The van der Waals surface area contributed by atoms with Gasteiger partial charge in [0.15, 0.2) is 11.5 Å². The van der Waals surface area contributed by atoms with E-state index in [0.29, 0.717) is 24.7 Å². The number of halogens is 6. The maximum absolute atomic E-state index is 13.1. The lowest BCUT2D eigenvalue weighted by Crippen LogP contribution is -2.27. The van der Waals surface area contributed by atoms with Gasteiger partial charge in [0.2, 0.25) is 0 Å². The molecule has 0 bridgehead atoms. The molecular formula is C36H40Cl6O8. The van der Waals surface area contributed by atoms with Gasteiger partial charge in [-0.3, -0.25) is 0 Å². The molecule has 0 unspecified atom stereocenters. The Balaban J connectivity index is 1.39. The molecule has 0 aliphatic heterocycles. The van der Waals surface area contributed by atoms with E-state index in [4.69, 9.17) is 88.6 Å². The number of carbonyl (C=O) groups excluding carboxylic acids is 4. The van der Waals surface area contributed by atoms with Gasteiger partial charge in [0.25, 0.3) is 0 Å². The Bertz CT molecular complexity index is 1420. The number of hydrogen-bond donors (Lipinski definition) is 0. The molecule has 2 saturated carbocycles. The minimum Gasteiger partial charge on any atom is -0.462 e. The molecule has 2 aromatic rings. The molecule has 2 aromatic carbocycles. The Morgan fingerprint density at radius 3 is 1.24 bits per heavy atom. The minimum absolute atomic E-state index is 0.0800. The minimum atomic E-state index is -1.63. The quantitative estimate of drug-likeness (QED) is 0.0610. The second-order valence-corrected chi connectivity index (χ2v) is 15.2. The number of esters is 4. The van der Waals surface area contributed by atoms with Gasteiger partial charge in [0.1, 0.15) is 11.1 Å². The van der Waals surface area contributed by atoms with Gasteiger partial charge in [0.05, 0.1) is 43.3 Å². The molecule has 0 amide bonds. The summed E-state index contributed by atoms with van der Waals surface area (Å²) < 4.78 is 21.2. The third-order valence-electron chi connectivity index (χ3n) is 9.15. The first-order valence-corrected chi connectivity index (χ1v) is 19.4. The van der Waals surface area contributed by atoms with Crippen molar-refractivity contribution in [3.05, 3.63) is 53.4 Å². The summed E-state index contributed by atoms with van der Waals surface area (Å²) in [5.74, 6) is -4.92. The number of ether oxygens (including phenoxy) is 4. The Kier molecular flexibility index (Phi) is 16.6. The van der Waals surface area contributed by atoms with Crippen LogP contribution in [0.1, 0.15) is 123 Å². The van der Waals surface area contributed by atoms with Crippen LogP contribution >= 0.6 is 69.6 Å². The van der Waals surface area contributed by atoms with Gasteiger partial charge in [0, 0.05) is 0 Å². The van der Waals surface area contributed by atoms with Crippen molar-refractivity contribution >= 4 is 93.5 Å². The summed E-state index contributed by atoms with van der Waals surface area (Å²) in [4.78, 5) is 52.2. The third-order valence-corrected chi connectivity index (χ3v) is 11.3. The first-order valence-electron chi connectivity index (χ1n) is 17.1. The van der Waals surface area contributed by atoms with Crippen LogP contribution in [0.3, 0.4) is 0 Å². The molecule has 0 atom stereocenters. The summed E-state index contributed by atoms with van der Waals surface area (Å²) in [6.45, 7) is 0.160. The first kappa shape index (κ1) is 40.8. The molecule has 0 aromatic heterocycles. The molecule has 0 N–H and O–H groups in total. The maximum atomic E-state index is 13.1. The molecule has 14 heteroatoms. The van der Waals surface area contributed by atoms with Crippen LogP contribution in [-0.4, -0.2) is 37.1 Å². The molecule has 0 spiro atoms. The van der Waals surface area contributed by atoms with E-state index in [1.54, 1.807) is 0 Å². The van der Waals surface area contributed by atoms with E-state index in [9.17, 15) is 19.2 Å². The van der Waals surface area contributed by atoms with E-state index in [1.165, 1.54) is 64.2 Å². The van der Waals surface area contributed by atoms with Gasteiger partial charge >= 0.3 is 23.9 Å². The Labute approximate surface area is 322 Å². The average Bonchev–Trinajstić information content (AvgIpc) is 3.10. The van der Waals surface area contributed by atoms with Crippen LogP contribution < -0.4 is 9.47 Å². The van der Waals surface area contributed by atoms with Crippen molar-refractivity contribution in [2.24, 2.45) is 11.8 Å². The highest BCUT2D eigenvalue weighted by atomic mass is 35.5. The summed E-state index contributed by atoms with van der Waals surface area (Å²) in [6, 6.07) is 2.28. The van der Waals surface area contributed by atoms with E-state index in [0.717, 1.165) is 37.8 Å². The van der Waals surface area contributed by atoms with Gasteiger partial charge in [-0.2, -0.15) is 0 Å². The van der Waals surface area contributed by atoms with Crippen molar-refractivity contribution in [2.75, 3.05) is 13.2 Å². The molecule has 2 aliphatic carbocycles. The highest BCUT2D eigenvalue weighted by Crippen LogP contribution is 2.42. The molecule has 274 valence electrons. The zero-order valence-electron chi connectivity index (χ0n) is 27.6. The molecule has 4 rings (SSSR count). The summed E-state index contributed by atoms with van der Waals surface area (Å²) in [5.41, 5.74) is -0.893. The lowest BCUT2D eigenvalue weighted by molar-refractivity contribution is -0.156. The van der Waals surface area contributed by atoms with Crippen LogP contribution in [0.4, 0.5) is 0 Å². The van der Waals surface area contributed by atoms with Gasteiger partial charge in [-0.05, 0) is 49.7 Å². The zero-order chi connectivity index (χ0) is 36.2. The van der Waals surface area contributed by atoms with Crippen LogP contribution in [0, 0.1) is 11.8 Å². The topological polar surface area (TPSA) is 105 Å². The van der Waals surface area contributed by atoms with Crippen LogP contribution in [0.15, 0.2) is 12.1 Å². The second kappa shape index (κ2) is 20.3. The van der Waals surface area contributed by atoms with Crippen molar-refractivity contribution in [2.45, 2.75) is 103 Å². The maximum Gasteiger partial charge on any atom is 0.423 e. The third kappa shape index (κ3) is 11.5. The van der Waals surface area contributed by atoms with Crippen molar-refractivity contribution < 1.29 is 38.1 Å². The fourth-order valence-corrected chi connectivity index (χ4v) is 7.92. The first-order chi connectivity index (χ1) is 24.0. The standard InChI is InChI=1S/C36H40Cl6O8/c37-23-19-25(39)31(27(29(23)41)33(43)47-17-9-7-15-21-11-3-1-4-12-21)49-35(45)36(46)50-32-26(40)20-24(38)30(42)28(32)34(44)48-18-10-8-16-22-13-5-2-6-14-22/h19-22H,1-18H2. The van der Waals surface area contributed by atoms with Crippen LogP contribution in [0.2, 0.25) is 30.1 Å². The lowest BCUT2D eigenvalue weighted by Gasteiger charge is -2.21. The van der Waals surface area contributed by atoms with Gasteiger partial charge in [-0.1, -0.05) is 147 Å². The van der Waals surface area contributed by atoms with E-state index in [2.05, 4.69) is 0 Å². The van der Waals surface area contributed by atoms with Crippen LogP contribution in [-0.2, 0) is 19.1 Å². The van der Waals surface area contributed by atoms with Crippen molar-refractivity contribution in [1.82, 2.24) is 0 Å². The Morgan fingerprint density at radius 2 is 0.880 bits per heavy atom. The van der Waals surface area contributed by atoms with E-state index in [-0.39, 0.29) is 43.3 Å². The molecule has 0 heterocycles. The summed E-state index contributed by atoms with van der Waals surface area (Å²) in [6.07, 6.45) is 17.5. The SMILES string of the molecule is O=C(Oc1c(Cl)cc(Cl)c(Cl)c1C(=O)OCCCCC1CCCCC1)C(=O)Oc1c(Cl)cc(Cl)c(Cl)c1C(=O)OCCCCC1CCCCC1. The molecule has 50 heavy (non-hydrogen) atoms. The Morgan fingerprint density at radius 1 is 0.520 bits per heavy atom. The smallest absolute Gasteiger partial charge is 0.423 e. The second-order valence-electron chi connectivity index (χ2n) is 12.8. The van der Waals surface area contributed by atoms with Crippen LogP contribution in [0.5, 0.6) is 11.5 Å². The normalized spacial score (nSPS) is 15.4. The number of carbonyl (C=O) groups is 4. The summed E-state index contributed by atoms with van der Waals surface area (Å²) in [7, 11) is 0. The summed E-state index contributed by atoms with van der Waals surface area (Å²) >= 11 is 37.5. The molecule has 2 aliphatic rings. The van der Waals surface area contributed by atoms with Crippen molar-refractivity contribution in [1.29, 1.82) is 0 Å². The predicted molar refractivity (Wildman–Crippen MR) is 196 cm³/mol. The average molecular weight is 813 g/mol. The van der Waals surface area contributed by atoms with E-state index in [1.807, 2.05) is 0 Å². The van der Waals surface area contributed by atoms with Gasteiger partial charge in [-0.15, -0.1) is 0 Å². The highest BCUT2D eigenvalue weighted by Gasteiger charge is 2.32. The van der Waals surface area contributed by atoms with Crippen molar-refractivity contribution in [3.8, 4) is 11.5 Å². The number of unbranched alkanes of at least 4 members (excludes halogenated alkanes) is 2. The zero-order valence-corrected chi connectivity index (χ0v) is 32.1.